The van der Waals surface area contributed by atoms with Gasteiger partial charge in [0.15, 0.2) is 5.13 Å². The third-order valence-corrected chi connectivity index (χ3v) is 4.43. The molecule has 0 fully saturated rings. The van der Waals surface area contributed by atoms with E-state index in [4.69, 9.17) is 0 Å². The highest BCUT2D eigenvalue weighted by Crippen LogP contribution is 2.28. The van der Waals surface area contributed by atoms with E-state index in [9.17, 15) is 9.59 Å². The molecule has 0 atom stereocenters. The molecule has 0 saturated carbocycles. The van der Waals surface area contributed by atoms with Crippen LogP contribution in [0.4, 0.5) is 9.93 Å². The van der Waals surface area contributed by atoms with E-state index < -0.39 is 0 Å². The van der Waals surface area contributed by atoms with Gasteiger partial charge in [-0.25, -0.2) is 14.8 Å². The molecule has 2 aromatic rings. The summed E-state index contributed by atoms with van der Waals surface area (Å²) in [4.78, 5) is 39.0. The number of thiazole rings is 1. The van der Waals surface area contributed by atoms with Gasteiger partial charge in [-0.05, 0) is 0 Å². The van der Waals surface area contributed by atoms with E-state index in [1.807, 2.05) is 0 Å². The van der Waals surface area contributed by atoms with Gasteiger partial charge in [0.1, 0.15) is 5.69 Å². The second kappa shape index (κ2) is 7.18. The topological polar surface area (TPSA) is 100 Å². The van der Waals surface area contributed by atoms with Crippen molar-refractivity contribution in [1.82, 2.24) is 25.2 Å². The number of carbonyl (C=O) groups excluding carboxylic acids is 2. The molecular weight excluding hydrogens is 328 g/mol. The molecule has 0 aliphatic carbocycles. The normalized spacial score (nSPS) is 13.1. The average molecular weight is 344 g/mol. The second-order valence-corrected chi connectivity index (χ2v) is 6.16. The minimum atomic E-state index is -0.352. The Labute approximate surface area is 142 Å². The number of urea groups is 1. The highest BCUT2D eigenvalue weighted by Gasteiger charge is 2.24. The lowest BCUT2D eigenvalue weighted by molar-refractivity contribution is 0.102. The van der Waals surface area contributed by atoms with Crippen molar-refractivity contribution in [2.75, 3.05) is 18.4 Å². The lowest BCUT2D eigenvalue weighted by Gasteiger charge is -2.25. The fraction of sp³-hybridized carbons (Fsp3) is 0.267. The summed E-state index contributed by atoms with van der Waals surface area (Å²) in [5.74, 6) is -0.352. The molecule has 2 N–H and O–H groups in total. The minimum Gasteiger partial charge on any atom is -0.335 e. The number of aromatic nitrogens is 3. The maximum atomic E-state index is 12.1. The van der Waals surface area contributed by atoms with Crippen LogP contribution in [0.3, 0.4) is 0 Å². The van der Waals surface area contributed by atoms with E-state index in [-0.39, 0.29) is 17.6 Å². The number of rotatable bonds is 4. The van der Waals surface area contributed by atoms with E-state index in [0.29, 0.717) is 31.2 Å². The minimum absolute atomic E-state index is 0.126. The third-order valence-electron chi connectivity index (χ3n) is 3.43. The molecule has 9 heteroatoms. The largest absolute Gasteiger partial charge is 0.335 e. The van der Waals surface area contributed by atoms with E-state index in [0.717, 1.165) is 10.6 Å². The van der Waals surface area contributed by atoms with Crippen molar-refractivity contribution in [1.29, 1.82) is 0 Å². The van der Waals surface area contributed by atoms with Crippen LogP contribution in [0, 0.1) is 0 Å². The molecule has 0 radical (unpaired) electrons. The fourth-order valence-corrected chi connectivity index (χ4v) is 3.29. The Balaban J connectivity index is 1.66. The molecule has 3 rings (SSSR count). The van der Waals surface area contributed by atoms with Crippen molar-refractivity contribution in [3.05, 3.63) is 47.5 Å². The lowest BCUT2D eigenvalue weighted by atomic mass is 10.2. The summed E-state index contributed by atoms with van der Waals surface area (Å²) in [7, 11) is 0. The Morgan fingerprint density at radius 1 is 1.42 bits per heavy atom. The quantitative estimate of drug-likeness (QED) is 0.818. The van der Waals surface area contributed by atoms with Crippen LogP contribution in [0.5, 0.6) is 0 Å². The zero-order valence-corrected chi connectivity index (χ0v) is 13.7. The van der Waals surface area contributed by atoms with Crippen LogP contribution in [0.15, 0.2) is 31.2 Å². The monoisotopic (exact) mass is 344 g/mol. The van der Waals surface area contributed by atoms with Gasteiger partial charge in [-0.2, -0.15) is 0 Å². The van der Waals surface area contributed by atoms with Crippen LogP contribution >= 0.6 is 11.3 Å². The van der Waals surface area contributed by atoms with Crippen molar-refractivity contribution < 1.29 is 9.59 Å². The third kappa shape index (κ3) is 3.57. The molecule has 3 amide bonds. The van der Waals surface area contributed by atoms with Gasteiger partial charge in [-0.3, -0.25) is 15.1 Å². The van der Waals surface area contributed by atoms with Gasteiger partial charge in [-0.1, -0.05) is 17.4 Å². The van der Waals surface area contributed by atoms with Gasteiger partial charge in [0.25, 0.3) is 5.91 Å². The predicted molar refractivity (Wildman–Crippen MR) is 89.8 cm³/mol. The Morgan fingerprint density at radius 3 is 3.04 bits per heavy atom. The summed E-state index contributed by atoms with van der Waals surface area (Å²) in [5.41, 5.74) is 1.15. The summed E-state index contributed by atoms with van der Waals surface area (Å²) < 4.78 is 0. The van der Waals surface area contributed by atoms with Gasteiger partial charge >= 0.3 is 6.03 Å². The molecule has 24 heavy (non-hydrogen) atoms. The lowest BCUT2D eigenvalue weighted by Crippen LogP contribution is -2.42. The summed E-state index contributed by atoms with van der Waals surface area (Å²) in [6.07, 6.45) is 6.66. The Bertz CT molecular complexity index is 761. The number of hydrogen-bond acceptors (Lipinski definition) is 6. The summed E-state index contributed by atoms with van der Waals surface area (Å²) in [6, 6.07) is -0.126. The smallest absolute Gasteiger partial charge is 0.317 e. The molecule has 124 valence electrons. The van der Waals surface area contributed by atoms with E-state index >= 15 is 0 Å². The molecule has 0 unspecified atom stereocenters. The average Bonchev–Trinajstić information content (AvgIpc) is 3.01. The number of anilines is 1. The molecule has 0 bridgehead atoms. The molecule has 8 nitrogen and oxygen atoms in total. The summed E-state index contributed by atoms with van der Waals surface area (Å²) in [6.45, 7) is 5.09. The zero-order valence-electron chi connectivity index (χ0n) is 12.9. The first-order valence-electron chi connectivity index (χ1n) is 7.37. The van der Waals surface area contributed by atoms with E-state index in [1.54, 1.807) is 11.0 Å². The SMILES string of the molecule is C=CCNC(=O)N1CCc2nc(NC(=O)c3cnccn3)sc2C1. The number of carbonyl (C=O) groups is 2. The summed E-state index contributed by atoms with van der Waals surface area (Å²) in [5, 5.41) is 5.99. The van der Waals surface area contributed by atoms with Crippen LogP contribution < -0.4 is 10.6 Å². The first-order chi connectivity index (χ1) is 11.7. The maximum Gasteiger partial charge on any atom is 0.317 e. The van der Waals surface area contributed by atoms with Gasteiger partial charge < -0.3 is 10.2 Å². The standard InChI is InChI=1S/C15H16N6O2S/c1-2-4-18-15(23)21-7-3-10-12(9-21)24-14(19-10)20-13(22)11-8-16-5-6-17-11/h2,5-6,8H,1,3-4,7,9H2,(H,18,23)(H,19,20,22). The number of hydrogen-bond donors (Lipinski definition) is 2. The van der Waals surface area contributed by atoms with Crippen LogP contribution in [0.1, 0.15) is 21.1 Å². The Kier molecular flexibility index (Phi) is 4.80. The number of nitrogens with zero attached hydrogens (tertiary/aromatic N) is 4. The van der Waals surface area contributed by atoms with Gasteiger partial charge in [-0.15, -0.1) is 6.58 Å². The fourth-order valence-electron chi connectivity index (χ4n) is 2.27. The molecule has 2 aromatic heterocycles. The van der Waals surface area contributed by atoms with E-state index in [2.05, 4.69) is 32.2 Å². The van der Waals surface area contributed by atoms with Crippen LogP contribution in [0.25, 0.3) is 0 Å². The van der Waals surface area contributed by atoms with Crippen molar-refractivity contribution in [2.24, 2.45) is 0 Å². The predicted octanol–water partition coefficient (Wildman–Crippen LogP) is 1.44. The van der Waals surface area contributed by atoms with Crippen LogP contribution in [-0.4, -0.2) is 44.9 Å². The molecule has 0 aromatic carbocycles. The Hall–Kier alpha value is -2.81. The second-order valence-electron chi connectivity index (χ2n) is 5.08. The molecule has 3 heterocycles. The van der Waals surface area contributed by atoms with Crippen LogP contribution in [0.2, 0.25) is 0 Å². The number of nitrogens with one attached hydrogen (secondary N) is 2. The van der Waals surface area contributed by atoms with Gasteiger partial charge in [0.05, 0.1) is 18.4 Å². The van der Waals surface area contributed by atoms with Crippen molar-refractivity contribution >= 4 is 28.4 Å². The molecule has 1 aliphatic heterocycles. The number of amides is 3. The molecule has 1 aliphatic rings. The zero-order chi connectivity index (χ0) is 16.9. The highest BCUT2D eigenvalue weighted by atomic mass is 32.1. The molecule has 0 spiro atoms. The van der Waals surface area contributed by atoms with Crippen molar-refractivity contribution in [3.8, 4) is 0 Å². The number of fused-ring (bicyclic) bond motifs is 1. The van der Waals surface area contributed by atoms with E-state index in [1.165, 1.54) is 29.9 Å². The Morgan fingerprint density at radius 2 is 2.29 bits per heavy atom. The van der Waals surface area contributed by atoms with Crippen molar-refractivity contribution in [3.63, 3.8) is 0 Å². The first kappa shape index (κ1) is 16.1. The summed E-state index contributed by atoms with van der Waals surface area (Å²) >= 11 is 1.37. The van der Waals surface area contributed by atoms with Gasteiger partial charge in [0, 0.05) is 36.8 Å². The highest BCUT2D eigenvalue weighted by molar-refractivity contribution is 7.15. The van der Waals surface area contributed by atoms with Crippen molar-refractivity contribution in [2.45, 2.75) is 13.0 Å². The first-order valence-corrected chi connectivity index (χ1v) is 8.18. The van der Waals surface area contributed by atoms with Crippen LogP contribution in [-0.2, 0) is 13.0 Å². The maximum absolute atomic E-state index is 12.1. The van der Waals surface area contributed by atoms with Gasteiger partial charge in [0.2, 0.25) is 0 Å². The molecule has 0 saturated heterocycles. The molecular formula is C15H16N6O2S.